The normalized spacial score (nSPS) is 14.4. The SMILES string of the molecule is Cc1csc(SC(c2ccc(F)cc2)C(C)N)n1. The summed E-state index contributed by atoms with van der Waals surface area (Å²) in [7, 11) is 0. The minimum atomic E-state index is -0.225. The Morgan fingerprint density at radius 2 is 2.00 bits per heavy atom. The molecule has 1 aromatic carbocycles. The van der Waals surface area contributed by atoms with Gasteiger partial charge in [-0.25, -0.2) is 9.37 Å². The fourth-order valence-electron chi connectivity index (χ4n) is 1.63. The first-order valence-corrected chi connectivity index (χ1v) is 7.42. The van der Waals surface area contributed by atoms with Crippen LogP contribution in [-0.4, -0.2) is 11.0 Å². The predicted molar refractivity (Wildman–Crippen MR) is 75.5 cm³/mol. The summed E-state index contributed by atoms with van der Waals surface area (Å²) in [4.78, 5) is 4.43. The van der Waals surface area contributed by atoms with Gasteiger partial charge < -0.3 is 5.73 Å². The number of benzene rings is 1. The smallest absolute Gasteiger partial charge is 0.150 e. The van der Waals surface area contributed by atoms with Gasteiger partial charge in [0.1, 0.15) is 5.82 Å². The molecule has 1 aromatic heterocycles. The number of thioether (sulfide) groups is 1. The molecule has 0 spiro atoms. The summed E-state index contributed by atoms with van der Waals surface area (Å²) in [5, 5.41) is 2.11. The molecule has 2 unspecified atom stereocenters. The van der Waals surface area contributed by atoms with E-state index in [1.54, 1.807) is 35.2 Å². The highest BCUT2D eigenvalue weighted by Gasteiger charge is 2.19. The van der Waals surface area contributed by atoms with Crippen LogP contribution < -0.4 is 5.73 Å². The predicted octanol–water partition coefficient (Wildman–Crippen LogP) is 3.77. The van der Waals surface area contributed by atoms with E-state index in [0.29, 0.717) is 0 Å². The molecule has 0 saturated carbocycles. The molecule has 0 bridgehead atoms. The van der Waals surface area contributed by atoms with Crippen LogP contribution in [0.2, 0.25) is 0 Å². The number of aryl methyl sites for hydroxylation is 1. The molecule has 2 rings (SSSR count). The van der Waals surface area contributed by atoms with Crippen molar-refractivity contribution in [3.8, 4) is 0 Å². The lowest BCUT2D eigenvalue weighted by Crippen LogP contribution is -2.22. The van der Waals surface area contributed by atoms with Crippen molar-refractivity contribution in [1.29, 1.82) is 0 Å². The van der Waals surface area contributed by atoms with Crippen LogP contribution in [-0.2, 0) is 0 Å². The highest BCUT2D eigenvalue weighted by molar-refractivity contribution is 8.01. The highest BCUT2D eigenvalue weighted by Crippen LogP contribution is 2.38. The van der Waals surface area contributed by atoms with Crippen molar-refractivity contribution in [3.63, 3.8) is 0 Å². The van der Waals surface area contributed by atoms with Gasteiger partial charge in [-0.3, -0.25) is 0 Å². The monoisotopic (exact) mass is 282 g/mol. The maximum absolute atomic E-state index is 12.9. The molecule has 0 aliphatic rings. The average molecular weight is 282 g/mol. The Hall–Kier alpha value is -0.910. The van der Waals surface area contributed by atoms with Crippen LogP contribution in [0, 0.1) is 12.7 Å². The molecule has 0 fully saturated rings. The van der Waals surface area contributed by atoms with E-state index < -0.39 is 0 Å². The van der Waals surface area contributed by atoms with Gasteiger partial charge in [0.25, 0.3) is 0 Å². The maximum Gasteiger partial charge on any atom is 0.150 e. The van der Waals surface area contributed by atoms with Gasteiger partial charge in [-0.1, -0.05) is 23.9 Å². The van der Waals surface area contributed by atoms with Gasteiger partial charge >= 0.3 is 0 Å². The van der Waals surface area contributed by atoms with Gasteiger partial charge in [-0.2, -0.15) is 0 Å². The molecule has 96 valence electrons. The molecule has 0 aliphatic carbocycles. The summed E-state index contributed by atoms with van der Waals surface area (Å²) in [6, 6.07) is 6.49. The van der Waals surface area contributed by atoms with Crippen LogP contribution in [0.25, 0.3) is 0 Å². The molecule has 0 radical (unpaired) electrons. The van der Waals surface area contributed by atoms with Crippen molar-refractivity contribution < 1.29 is 4.39 Å². The molecule has 0 amide bonds. The molecule has 2 aromatic rings. The Bertz CT molecular complexity index is 508. The highest BCUT2D eigenvalue weighted by atomic mass is 32.2. The Morgan fingerprint density at radius 3 is 2.50 bits per heavy atom. The fraction of sp³-hybridized carbons (Fsp3) is 0.308. The van der Waals surface area contributed by atoms with Crippen LogP contribution in [0.15, 0.2) is 34.0 Å². The lowest BCUT2D eigenvalue weighted by molar-refractivity contribution is 0.625. The lowest BCUT2D eigenvalue weighted by Gasteiger charge is -2.19. The molecular formula is C13H15FN2S2. The molecular weight excluding hydrogens is 267 g/mol. The average Bonchev–Trinajstić information content (AvgIpc) is 2.73. The molecule has 2 nitrogen and oxygen atoms in total. The molecule has 2 atom stereocenters. The van der Waals surface area contributed by atoms with Crippen LogP contribution in [0.4, 0.5) is 4.39 Å². The van der Waals surface area contributed by atoms with E-state index in [2.05, 4.69) is 4.98 Å². The minimum absolute atomic E-state index is 0.0235. The summed E-state index contributed by atoms with van der Waals surface area (Å²) in [6.07, 6.45) is 0. The van der Waals surface area contributed by atoms with E-state index >= 15 is 0 Å². The first kappa shape index (κ1) is 13.5. The third-order valence-corrected chi connectivity index (χ3v) is 5.08. The largest absolute Gasteiger partial charge is 0.327 e. The van der Waals surface area contributed by atoms with E-state index in [-0.39, 0.29) is 17.1 Å². The number of halogens is 1. The molecule has 5 heteroatoms. The summed E-state index contributed by atoms with van der Waals surface area (Å²) < 4.78 is 13.9. The Balaban J connectivity index is 2.20. The Kier molecular flexibility index (Phi) is 4.37. The minimum Gasteiger partial charge on any atom is -0.327 e. The third-order valence-electron chi connectivity index (χ3n) is 2.50. The van der Waals surface area contributed by atoms with Gasteiger partial charge in [0.15, 0.2) is 4.34 Å². The van der Waals surface area contributed by atoms with Crippen molar-refractivity contribution in [1.82, 2.24) is 4.98 Å². The lowest BCUT2D eigenvalue weighted by atomic mass is 10.1. The molecule has 18 heavy (non-hydrogen) atoms. The number of aromatic nitrogens is 1. The summed E-state index contributed by atoms with van der Waals surface area (Å²) in [5.74, 6) is -0.225. The topological polar surface area (TPSA) is 38.9 Å². The number of nitrogens with zero attached hydrogens (tertiary/aromatic N) is 1. The van der Waals surface area contributed by atoms with Crippen LogP contribution in [0.5, 0.6) is 0 Å². The number of thiazole rings is 1. The Morgan fingerprint density at radius 1 is 1.33 bits per heavy atom. The van der Waals surface area contributed by atoms with E-state index in [9.17, 15) is 4.39 Å². The quantitative estimate of drug-likeness (QED) is 0.868. The second kappa shape index (κ2) is 5.82. The maximum atomic E-state index is 12.9. The molecule has 0 saturated heterocycles. The van der Waals surface area contributed by atoms with E-state index in [4.69, 9.17) is 5.73 Å². The van der Waals surface area contributed by atoms with Gasteiger partial charge in [0.2, 0.25) is 0 Å². The summed E-state index contributed by atoms with van der Waals surface area (Å²) >= 11 is 3.25. The summed E-state index contributed by atoms with van der Waals surface area (Å²) in [6.45, 7) is 3.93. The van der Waals surface area contributed by atoms with Crippen LogP contribution in [0.1, 0.15) is 23.4 Å². The van der Waals surface area contributed by atoms with E-state index in [0.717, 1.165) is 15.6 Å². The first-order chi connectivity index (χ1) is 8.56. The van der Waals surface area contributed by atoms with Crippen molar-refractivity contribution in [2.75, 3.05) is 0 Å². The second-order valence-electron chi connectivity index (χ2n) is 4.20. The molecule has 2 N–H and O–H groups in total. The zero-order chi connectivity index (χ0) is 13.1. The number of hydrogen-bond acceptors (Lipinski definition) is 4. The van der Waals surface area contributed by atoms with Crippen LogP contribution >= 0.6 is 23.1 Å². The number of nitrogens with two attached hydrogens (primary N) is 1. The third kappa shape index (κ3) is 3.31. The van der Waals surface area contributed by atoms with Gasteiger partial charge in [-0.15, -0.1) is 11.3 Å². The van der Waals surface area contributed by atoms with Crippen molar-refractivity contribution >= 4 is 23.1 Å². The molecule has 1 heterocycles. The van der Waals surface area contributed by atoms with Crippen molar-refractivity contribution in [3.05, 3.63) is 46.7 Å². The number of hydrogen-bond donors (Lipinski definition) is 1. The first-order valence-electron chi connectivity index (χ1n) is 5.66. The second-order valence-corrected chi connectivity index (χ2v) is 6.45. The van der Waals surface area contributed by atoms with E-state index in [1.165, 1.54) is 12.1 Å². The zero-order valence-electron chi connectivity index (χ0n) is 10.3. The summed E-state index contributed by atoms with van der Waals surface area (Å²) in [5.41, 5.74) is 8.07. The zero-order valence-corrected chi connectivity index (χ0v) is 11.9. The molecule has 0 aliphatic heterocycles. The van der Waals surface area contributed by atoms with Crippen LogP contribution in [0.3, 0.4) is 0 Å². The van der Waals surface area contributed by atoms with Crippen molar-refractivity contribution in [2.24, 2.45) is 5.73 Å². The van der Waals surface area contributed by atoms with Gasteiger partial charge in [0.05, 0.1) is 5.25 Å². The van der Waals surface area contributed by atoms with Gasteiger partial charge in [-0.05, 0) is 31.5 Å². The standard InChI is InChI=1S/C13H15FN2S2/c1-8-7-17-13(16-8)18-12(9(2)15)10-3-5-11(14)6-4-10/h3-7,9,12H,15H2,1-2H3. The fourth-order valence-corrected chi connectivity index (χ4v) is 3.75. The van der Waals surface area contributed by atoms with E-state index in [1.807, 2.05) is 19.2 Å². The number of rotatable bonds is 4. The van der Waals surface area contributed by atoms with Gasteiger partial charge in [0, 0.05) is 17.1 Å². The Labute approximate surface area is 114 Å². The van der Waals surface area contributed by atoms with Crippen molar-refractivity contribution in [2.45, 2.75) is 29.5 Å².